The van der Waals surface area contributed by atoms with Crippen LogP contribution < -0.4 is 9.47 Å². The highest BCUT2D eigenvalue weighted by molar-refractivity contribution is 7.08. The minimum atomic E-state index is -0.0278. The first-order valence-corrected chi connectivity index (χ1v) is 12.6. The fraction of sp³-hybridized carbons (Fsp3) is 0.385. The van der Waals surface area contributed by atoms with Crippen molar-refractivity contribution in [3.05, 3.63) is 57.3 Å². The van der Waals surface area contributed by atoms with Crippen molar-refractivity contribution >= 4 is 46.9 Å². The molecule has 2 fully saturated rings. The molecule has 1 spiro atoms. The number of halogens is 1. The fourth-order valence-electron chi connectivity index (χ4n) is 4.68. The predicted molar refractivity (Wildman–Crippen MR) is 136 cm³/mol. The maximum Gasteiger partial charge on any atom is 0.246 e. The number of carbonyl (C=O) groups excluding carboxylic acids is 2. The molecule has 180 valence electrons. The number of methoxy groups -OCH3 is 2. The second kappa shape index (κ2) is 10.7. The van der Waals surface area contributed by atoms with Crippen LogP contribution in [0.5, 0.6) is 11.5 Å². The molecule has 0 bridgehead atoms. The lowest BCUT2D eigenvalue weighted by Crippen LogP contribution is -2.44. The minimum absolute atomic E-state index is 0.0278. The standard InChI is InChI=1S/C26H29ClN2O4S/c1-32-21-6-4-20(24(27)25(21)33-2)5-8-23(31)29-15-12-26(18-29)10-13-28(14-11-26)22(30)7-3-19-9-16-34-17-19/h3-9,16-17H,10-15,18H2,1-2H3/b7-3+,8-5+. The summed E-state index contributed by atoms with van der Waals surface area (Å²) in [6.07, 6.45) is 9.63. The molecule has 1 aromatic heterocycles. The van der Waals surface area contributed by atoms with E-state index in [0.717, 1.165) is 51.0 Å². The molecule has 0 saturated carbocycles. The molecular weight excluding hydrogens is 472 g/mol. The van der Waals surface area contributed by atoms with Gasteiger partial charge < -0.3 is 19.3 Å². The molecule has 0 radical (unpaired) electrons. The zero-order valence-corrected chi connectivity index (χ0v) is 21.0. The Hall–Kier alpha value is -2.77. The molecule has 1 aromatic carbocycles. The number of carbonyl (C=O) groups is 2. The van der Waals surface area contributed by atoms with E-state index in [1.165, 1.54) is 7.11 Å². The average molecular weight is 501 g/mol. The van der Waals surface area contributed by atoms with Crippen LogP contribution in [0.3, 0.4) is 0 Å². The SMILES string of the molecule is COc1ccc(/C=C/C(=O)N2CCC3(CCN(C(=O)/C=C/c4ccsc4)CC3)C2)c(Cl)c1OC. The Morgan fingerprint density at radius 1 is 0.971 bits per heavy atom. The summed E-state index contributed by atoms with van der Waals surface area (Å²) in [5.41, 5.74) is 1.85. The molecule has 2 saturated heterocycles. The summed E-state index contributed by atoms with van der Waals surface area (Å²) in [6, 6.07) is 5.57. The van der Waals surface area contributed by atoms with Crippen LogP contribution >= 0.6 is 22.9 Å². The van der Waals surface area contributed by atoms with Crippen molar-refractivity contribution in [2.45, 2.75) is 19.3 Å². The van der Waals surface area contributed by atoms with Gasteiger partial charge in [0.25, 0.3) is 0 Å². The van der Waals surface area contributed by atoms with Crippen molar-refractivity contribution in [2.75, 3.05) is 40.4 Å². The van der Waals surface area contributed by atoms with Crippen LogP contribution in [0.4, 0.5) is 0 Å². The van der Waals surface area contributed by atoms with Gasteiger partial charge in [-0.05, 0) is 76.9 Å². The zero-order chi connectivity index (χ0) is 24.1. The number of benzene rings is 1. The summed E-state index contributed by atoms with van der Waals surface area (Å²) >= 11 is 8.04. The summed E-state index contributed by atoms with van der Waals surface area (Å²) in [7, 11) is 3.09. The van der Waals surface area contributed by atoms with Gasteiger partial charge in [0.05, 0.1) is 19.2 Å². The highest BCUT2D eigenvalue weighted by Gasteiger charge is 2.42. The smallest absolute Gasteiger partial charge is 0.246 e. The Morgan fingerprint density at radius 2 is 1.65 bits per heavy atom. The van der Waals surface area contributed by atoms with Crippen molar-refractivity contribution in [3.8, 4) is 11.5 Å². The summed E-state index contributed by atoms with van der Waals surface area (Å²) in [5.74, 6) is 1.02. The molecule has 34 heavy (non-hydrogen) atoms. The van der Waals surface area contributed by atoms with E-state index in [1.54, 1.807) is 48.8 Å². The Bertz CT molecular complexity index is 1090. The highest BCUT2D eigenvalue weighted by atomic mass is 35.5. The van der Waals surface area contributed by atoms with Crippen molar-refractivity contribution in [1.82, 2.24) is 9.80 Å². The van der Waals surface area contributed by atoms with Crippen LogP contribution in [-0.4, -0.2) is 62.0 Å². The largest absolute Gasteiger partial charge is 0.493 e. The van der Waals surface area contributed by atoms with Crippen LogP contribution in [0.15, 0.2) is 41.1 Å². The second-order valence-corrected chi connectivity index (χ2v) is 9.92. The average Bonchev–Trinajstić information content (AvgIpc) is 3.52. The van der Waals surface area contributed by atoms with Crippen LogP contribution in [0.25, 0.3) is 12.2 Å². The molecular formula is C26H29ClN2O4S. The van der Waals surface area contributed by atoms with Gasteiger partial charge in [0.1, 0.15) is 0 Å². The molecule has 0 aliphatic carbocycles. The summed E-state index contributed by atoms with van der Waals surface area (Å²) in [4.78, 5) is 29.2. The number of hydrogen-bond acceptors (Lipinski definition) is 5. The van der Waals surface area contributed by atoms with Gasteiger partial charge in [0.2, 0.25) is 11.8 Å². The van der Waals surface area contributed by atoms with Gasteiger partial charge in [0.15, 0.2) is 11.5 Å². The Kier molecular flexibility index (Phi) is 7.63. The molecule has 2 aromatic rings. The molecule has 8 heteroatoms. The van der Waals surface area contributed by atoms with Gasteiger partial charge in [-0.1, -0.05) is 11.6 Å². The van der Waals surface area contributed by atoms with Gasteiger partial charge >= 0.3 is 0 Å². The van der Waals surface area contributed by atoms with E-state index in [0.29, 0.717) is 22.1 Å². The minimum Gasteiger partial charge on any atom is -0.493 e. The quantitative estimate of drug-likeness (QED) is 0.524. The number of likely N-dealkylation sites (tertiary alicyclic amines) is 2. The third kappa shape index (κ3) is 5.31. The highest BCUT2D eigenvalue weighted by Crippen LogP contribution is 2.41. The van der Waals surface area contributed by atoms with Gasteiger partial charge in [-0.3, -0.25) is 9.59 Å². The molecule has 0 atom stereocenters. The van der Waals surface area contributed by atoms with Gasteiger partial charge in [0, 0.05) is 38.3 Å². The van der Waals surface area contributed by atoms with Crippen molar-refractivity contribution in [3.63, 3.8) is 0 Å². The fourth-order valence-corrected chi connectivity index (χ4v) is 5.60. The number of nitrogens with zero attached hydrogens (tertiary/aromatic N) is 2. The van der Waals surface area contributed by atoms with Crippen LogP contribution in [0.1, 0.15) is 30.4 Å². The van der Waals surface area contributed by atoms with E-state index in [-0.39, 0.29) is 17.2 Å². The third-order valence-electron chi connectivity index (χ3n) is 6.77. The molecule has 4 rings (SSSR count). The lowest BCUT2D eigenvalue weighted by Gasteiger charge is -2.38. The van der Waals surface area contributed by atoms with E-state index >= 15 is 0 Å². The Balaban J connectivity index is 1.32. The van der Waals surface area contributed by atoms with Gasteiger partial charge in [-0.25, -0.2) is 0 Å². The number of amides is 2. The maximum absolute atomic E-state index is 12.9. The van der Waals surface area contributed by atoms with Crippen LogP contribution in [-0.2, 0) is 9.59 Å². The lowest BCUT2D eigenvalue weighted by atomic mass is 9.78. The molecule has 6 nitrogen and oxygen atoms in total. The summed E-state index contributed by atoms with van der Waals surface area (Å²) in [5, 5.41) is 4.43. The van der Waals surface area contributed by atoms with Gasteiger partial charge in [-0.2, -0.15) is 11.3 Å². The zero-order valence-electron chi connectivity index (χ0n) is 19.5. The third-order valence-corrected chi connectivity index (χ3v) is 7.86. The Morgan fingerprint density at radius 3 is 2.29 bits per heavy atom. The number of hydrogen-bond donors (Lipinski definition) is 0. The van der Waals surface area contributed by atoms with E-state index < -0.39 is 0 Å². The van der Waals surface area contributed by atoms with Crippen molar-refractivity contribution in [2.24, 2.45) is 5.41 Å². The number of thiophene rings is 1. The van der Waals surface area contributed by atoms with E-state index in [2.05, 4.69) is 0 Å². The first-order valence-electron chi connectivity index (χ1n) is 11.3. The number of ether oxygens (including phenoxy) is 2. The normalized spacial score (nSPS) is 17.7. The lowest BCUT2D eigenvalue weighted by molar-refractivity contribution is -0.129. The first kappa shape index (κ1) is 24.4. The number of piperidine rings is 1. The summed E-state index contributed by atoms with van der Waals surface area (Å²) < 4.78 is 10.6. The van der Waals surface area contributed by atoms with E-state index in [1.807, 2.05) is 32.7 Å². The number of rotatable bonds is 6. The van der Waals surface area contributed by atoms with Gasteiger partial charge in [-0.15, -0.1) is 0 Å². The predicted octanol–water partition coefficient (Wildman–Crippen LogP) is 4.99. The van der Waals surface area contributed by atoms with E-state index in [9.17, 15) is 9.59 Å². The van der Waals surface area contributed by atoms with Crippen molar-refractivity contribution in [1.29, 1.82) is 0 Å². The second-order valence-electron chi connectivity index (χ2n) is 8.76. The van der Waals surface area contributed by atoms with E-state index in [4.69, 9.17) is 21.1 Å². The maximum atomic E-state index is 12.9. The molecule has 3 heterocycles. The first-order chi connectivity index (χ1) is 16.4. The monoisotopic (exact) mass is 500 g/mol. The summed E-state index contributed by atoms with van der Waals surface area (Å²) in [6.45, 7) is 2.91. The molecule has 2 amide bonds. The van der Waals surface area contributed by atoms with Crippen LogP contribution in [0.2, 0.25) is 5.02 Å². The molecule has 2 aliphatic heterocycles. The topological polar surface area (TPSA) is 59.1 Å². The Labute approximate surface area is 209 Å². The molecule has 0 N–H and O–H groups in total. The van der Waals surface area contributed by atoms with Crippen molar-refractivity contribution < 1.29 is 19.1 Å². The molecule has 0 unspecified atom stereocenters. The molecule has 2 aliphatic rings. The van der Waals surface area contributed by atoms with Crippen LogP contribution in [0, 0.1) is 5.41 Å².